The van der Waals surface area contributed by atoms with E-state index in [4.69, 9.17) is 4.74 Å². The standard InChI is InChI=1S/C28H28OSi/c1-30(21-9-20-29-24-12-3-2-4-13-24,27-18-16-22-10-5-7-14-25(22)27)28-19-17-23-11-6-8-15-26(23)28/h2-8,10-19,27-28H,9,20-21H2,1H3. The van der Waals surface area contributed by atoms with Crippen LogP contribution in [0.2, 0.25) is 12.6 Å². The van der Waals surface area contributed by atoms with Crippen molar-refractivity contribution in [3.63, 3.8) is 0 Å². The van der Waals surface area contributed by atoms with Gasteiger partial charge >= 0.3 is 0 Å². The molecule has 0 amide bonds. The Morgan fingerprint density at radius 2 is 1.23 bits per heavy atom. The maximum atomic E-state index is 6.05. The number of hydrogen-bond acceptors (Lipinski definition) is 1. The molecule has 150 valence electrons. The van der Waals surface area contributed by atoms with E-state index in [1.807, 2.05) is 30.3 Å². The van der Waals surface area contributed by atoms with Crippen LogP contribution in [0.25, 0.3) is 12.2 Å². The first-order chi connectivity index (χ1) is 14.8. The number of ether oxygens (including phenoxy) is 1. The molecule has 1 nitrogen and oxygen atoms in total. The molecular formula is C28H28OSi. The predicted octanol–water partition coefficient (Wildman–Crippen LogP) is 7.23. The van der Waals surface area contributed by atoms with Crippen LogP contribution in [0.1, 0.15) is 39.8 Å². The lowest BCUT2D eigenvalue weighted by Crippen LogP contribution is -2.43. The normalized spacial score (nSPS) is 20.6. The Balaban J connectivity index is 1.42. The van der Waals surface area contributed by atoms with Crippen molar-refractivity contribution in [2.45, 2.75) is 30.1 Å². The second kappa shape index (κ2) is 8.12. The second-order valence-corrected chi connectivity index (χ2v) is 13.5. The van der Waals surface area contributed by atoms with Gasteiger partial charge in [0, 0.05) is 0 Å². The van der Waals surface area contributed by atoms with E-state index in [0.29, 0.717) is 11.1 Å². The van der Waals surface area contributed by atoms with E-state index in [1.54, 1.807) is 0 Å². The molecule has 3 aromatic rings. The summed E-state index contributed by atoms with van der Waals surface area (Å²) in [6.07, 6.45) is 10.8. The van der Waals surface area contributed by atoms with Crippen molar-refractivity contribution in [2.24, 2.45) is 0 Å². The Hall–Kier alpha value is -2.84. The summed E-state index contributed by atoms with van der Waals surface area (Å²) in [5, 5.41) is 0. The molecule has 2 aliphatic rings. The number of hydrogen-bond donors (Lipinski definition) is 0. The van der Waals surface area contributed by atoms with Crippen molar-refractivity contribution in [2.75, 3.05) is 6.61 Å². The lowest BCUT2D eigenvalue weighted by Gasteiger charge is -2.39. The van der Waals surface area contributed by atoms with E-state index < -0.39 is 8.07 Å². The zero-order valence-corrected chi connectivity index (χ0v) is 18.5. The molecule has 0 spiro atoms. The molecule has 0 saturated heterocycles. The molecule has 2 heteroatoms. The van der Waals surface area contributed by atoms with Gasteiger partial charge in [-0.1, -0.05) is 104 Å². The van der Waals surface area contributed by atoms with Crippen LogP contribution in [-0.2, 0) is 0 Å². The van der Waals surface area contributed by atoms with Crippen LogP contribution in [0, 0.1) is 0 Å². The van der Waals surface area contributed by atoms with E-state index in [-0.39, 0.29) is 0 Å². The van der Waals surface area contributed by atoms with Gasteiger partial charge < -0.3 is 4.74 Å². The van der Waals surface area contributed by atoms with Gasteiger partial charge in [0.1, 0.15) is 5.75 Å². The van der Waals surface area contributed by atoms with E-state index in [0.717, 1.165) is 18.8 Å². The van der Waals surface area contributed by atoms with Crippen molar-refractivity contribution in [1.29, 1.82) is 0 Å². The fourth-order valence-corrected chi connectivity index (χ4v) is 10.2. The molecule has 0 fully saturated rings. The van der Waals surface area contributed by atoms with E-state index in [1.165, 1.54) is 28.3 Å². The highest BCUT2D eigenvalue weighted by Gasteiger charge is 2.45. The third-order valence-corrected chi connectivity index (χ3v) is 12.2. The molecule has 30 heavy (non-hydrogen) atoms. The van der Waals surface area contributed by atoms with Crippen LogP contribution in [0.4, 0.5) is 0 Å². The molecule has 5 rings (SSSR count). The number of benzene rings is 3. The minimum Gasteiger partial charge on any atom is -0.494 e. The van der Waals surface area contributed by atoms with Gasteiger partial charge in [-0.15, -0.1) is 0 Å². The Kier molecular flexibility index (Phi) is 5.18. The van der Waals surface area contributed by atoms with Gasteiger partial charge in [-0.25, -0.2) is 0 Å². The summed E-state index contributed by atoms with van der Waals surface area (Å²) in [5.41, 5.74) is 6.94. The quantitative estimate of drug-likeness (QED) is 0.296. The van der Waals surface area contributed by atoms with Crippen LogP contribution in [0.15, 0.2) is 91.0 Å². The van der Waals surface area contributed by atoms with Gasteiger partial charge in [0.2, 0.25) is 0 Å². The summed E-state index contributed by atoms with van der Waals surface area (Å²) in [7, 11) is -1.78. The van der Waals surface area contributed by atoms with Crippen LogP contribution in [0.5, 0.6) is 5.75 Å². The number of fused-ring (bicyclic) bond motifs is 2. The number of para-hydroxylation sites is 1. The summed E-state index contributed by atoms with van der Waals surface area (Å²) < 4.78 is 6.05. The third-order valence-electron chi connectivity index (χ3n) is 6.89. The first kappa shape index (κ1) is 19.1. The van der Waals surface area contributed by atoms with Gasteiger partial charge in [0.05, 0.1) is 14.7 Å². The van der Waals surface area contributed by atoms with E-state index >= 15 is 0 Å². The average Bonchev–Trinajstić information content (AvgIpc) is 3.42. The van der Waals surface area contributed by atoms with Crippen LogP contribution < -0.4 is 4.74 Å². The Morgan fingerprint density at radius 3 is 1.83 bits per heavy atom. The lowest BCUT2D eigenvalue weighted by atomic mass is 10.1. The molecule has 0 aromatic heterocycles. The van der Waals surface area contributed by atoms with Crippen molar-refractivity contribution in [3.05, 3.63) is 113 Å². The van der Waals surface area contributed by atoms with Gasteiger partial charge in [0.25, 0.3) is 0 Å². The van der Waals surface area contributed by atoms with Gasteiger partial charge in [-0.2, -0.15) is 0 Å². The minimum atomic E-state index is -1.78. The SMILES string of the molecule is C[Si](CCCOc1ccccc1)(C1C=Cc2ccccc21)C1C=Cc2ccccc21. The van der Waals surface area contributed by atoms with Gasteiger partial charge in [0.15, 0.2) is 0 Å². The Bertz CT molecular complexity index is 1020. The smallest absolute Gasteiger partial charge is 0.119 e. The predicted molar refractivity (Wildman–Crippen MR) is 129 cm³/mol. The Labute approximate surface area is 180 Å². The summed E-state index contributed by atoms with van der Waals surface area (Å²) in [6.45, 7) is 3.40. The molecular weight excluding hydrogens is 380 g/mol. The molecule has 0 radical (unpaired) electrons. The van der Waals surface area contributed by atoms with E-state index in [9.17, 15) is 0 Å². The maximum Gasteiger partial charge on any atom is 0.119 e. The summed E-state index contributed by atoms with van der Waals surface area (Å²) in [6, 6.07) is 29.4. The molecule has 2 unspecified atom stereocenters. The van der Waals surface area contributed by atoms with Crippen molar-refractivity contribution in [1.82, 2.24) is 0 Å². The highest BCUT2D eigenvalue weighted by molar-refractivity contribution is 6.82. The topological polar surface area (TPSA) is 9.23 Å². The zero-order valence-electron chi connectivity index (χ0n) is 17.5. The number of rotatable bonds is 7. The first-order valence-corrected chi connectivity index (χ1v) is 13.8. The fraction of sp³-hybridized carbons (Fsp3) is 0.214. The van der Waals surface area contributed by atoms with Crippen molar-refractivity contribution >= 4 is 20.2 Å². The highest BCUT2D eigenvalue weighted by Crippen LogP contribution is 2.49. The van der Waals surface area contributed by atoms with Crippen molar-refractivity contribution < 1.29 is 4.74 Å². The van der Waals surface area contributed by atoms with Gasteiger partial charge in [-0.05, 0) is 51.9 Å². The Morgan fingerprint density at radius 1 is 0.700 bits per heavy atom. The molecule has 0 bridgehead atoms. The third kappa shape index (κ3) is 3.46. The van der Waals surface area contributed by atoms with Gasteiger partial charge in [-0.3, -0.25) is 0 Å². The molecule has 0 aliphatic heterocycles. The number of allylic oxidation sites excluding steroid dienone is 2. The molecule has 3 aromatic carbocycles. The molecule has 0 N–H and O–H groups in total. The first-order valence-electron chi connectivity index (χ1n) is 11.0. The van der Waals surface area contributed by atoms with Crippen LogP contribution >= 0.6 is 0 Å². The monoisotopic (exact) mass is 408 g/mol. The molecule has 0 heterocycles. The molecule has 2 atom stereocenters. The van der Waals surface area contributed by atoms with Crippen molar-refractivity contribution in [3.8, 4) is 5.75 Å². The summed E-state index contributed by atoms with van der Waals surface area (Å²) in [5.74, 6) is 0.970. The maximum absolute atomic E-state index is 6.05. The minimum absolute atomic E-state index is 0.547. The molecule has 2 aliphatic carbocycles. The zero-order chi connectivity index (χ0) is 20.4. The highest BCUT2D eigenvalue weighted by atomic mass is 28.3. The lowest BCUT2D eigenvalue weighted by molar-refractivity contribution is 0.316. The molecule has 0 saturated carbocycles. The summed E-state index contributed by atoms with van der Waals surface area (Å²) >= 11 is 0. The second-order valence-electron chi connectivity index (χ2n) is 8.70. The van der Waals surface area contributed by atoms with Crippen LogP contribution in [0.3, 0.4) is 0 Å². The fourth-order valence-electron chi connectivity index (χ4n) is 5.31. The van der Waals surface area contributed by atoms with Crippen LogP contribution in [-0.4, -0.2) is 14.7 Å². The average molecular weight is 409 g/mol. The van der Waals surface area contributed by atoms with E-state index in [2.05, 4.69) is 79.4 Å². The largest absolute Gasteiger partial charge is 0.494 e. The summed E-state index contributed by atoms with van der Waals surface area (Å²) in [4.78, 5) is 0.